The summed E-state index contributed by atoms with van der Waals surface area (Å²) in [6, 6.07) is 6.78. The summed E-state index contributed by atoms with van der Waals surface area (Å²) in [4.78, 5) is 14.0. The van der Waals surface area contributed by atoms with Gasteiger partial charge in [0, 0.05) is 25.4 Å². The van der Waals surface area contributed by atoms with Crippen molar-refractivity contribution in [3.05, 3.63) is 82.3 Å². The number of aliphatic hydroxyl groups excluding tert-OH is 1. The van der Waals surface area contributed by atoms with Gasteiger partial charge in [-0.15, -0.1) is 0 Å². The van der Waals surface area contributed by atoms with E-state index < -0.39 is 59.3 Å². The SMILES string of the molecule is C[C@@H](O[C@H]1CN(C2=CCC(O)C2=O)C[C@@H]1c1ccc(F)cc1)c1cc(C(F)(F)F)cc(C(F)(F)F)c1. The first-order chi connectivity index (χ1) is 16.7. The van der Waals surface area contributed by atoms with Gasteiger partial charge in [0.15, 0.2) is 0 Å². The predicted molar refractivity (Wildman–Crippen MR) is 114 cm³/mol. The highest BCUT2D eigenvalue weighted by molar-refractivity contribution is 6.00. The van der Waals surface area contributed by atoms with Gasteiger partial charge in [-0.3, -0.25) is 4.79 Å². The van der Waals surface area contributed by atoms with E-state index in [1.54, 1.807) is 11.0 Å². The molecule has 1 aliphatic heterocycles. The van der Waals surface area contributed by atoms with Gasteiger partial charge in [0.1, 0.15) is 11.9 Å². The summed E-state index contributed by atoms with van der Waals surface area (Å²) in [5.74, 6) is -1.43. The molecule has 1 heterocycles. The topological polar surface area (TPSA) is 49.8 Å². The third-order valence-corrected chi connectivity index (χ3v) is 6.45. The molecular weight excluding hydrogens is 495 g/mol. The lowest BCUT2D eigenvalue weighted by Gasteiger charge is -2.25. The van der Waals surface area contributed by atoms with E-state index in [2.05, 4.69) is 0 Å². The fraction of sp³-hybridized carbons (Fsp3) is 0.400. The van der Waals surface area contributed by atoms with Crippen LogP contribution in [0.15, 0.2) is 54.2 Å². The molecule has 0 amide bonds. The third kappa shape index (κ3) is 5.41. The number of hydrogen-bond acceptors (Lipinski definition) is 4. The normalized spacial score (nSPS) is 23.8. The summed E-state index contributed by atoms with van der Waals surface area (Å²) in [5, 5.41) is 9.80. The van der Waals surface area contributed by atoms with E-state index in [0.717, 1.165) is 0 Å². The molecule has 4 rings (SSSR count). The summed E-state index contributed by atoms with van der Waals surface area (Å²) < 4.78 is 99.3. The van der Waals surface area contributed by atoms with Crippen molar-refractivity contribution in [3.8, 4) is 0 Å². The zero-order valence-corrected chi connectivity index (χ0v) is 18.9. The standard InChI is InChI=1S/C25H22F7NO3/c1-13(15-8-16(24(27,28)29)10-17(9-15)25(30,31)32)36-22-12-33(20-6-7-21(34)23(20)35)11-19(22)14-2-4-18(26)5-3-14/h2-6,8-10,13,19,21-22,34H,7,11-12H2,1H3/t13-,19-,21?,22+/m1/s1. The van der Waals surface area contributed by atoms with Crippen molar-refractivity contribution in [1.29, 1.82) is 0 Å². The monoisotopic (exact) mass is 517 g/mol. The van der Waals surface area contributed by atoms with Gasteiger partial charge in [-0.05, 0) is 48.4 Å². The van der Waals surface area contributed by atoms with Gasteiger partial charge in [0.25, 0.3) is 0 Å². The number of nitrogens with zero attached hydrogens (tertiary/aromatic N) is 1. The zero-order valence-electron chi connectivity index (χ0n) is 18.9. The largest absolute Gasteiger partial charge is 0.416 e. The van der Waals surface area contributed by atoms with Gasteiger partial charge in [0.05, 0.1) is 29.0 Å². The molecule has 0 spiro atoms. The molecule has 1 unspecified atom stereocenters. The zero-order chi connectivity index (χ0) is 26.4. The first-order valence-corrected chi connectivity index (χ1v) is 11.1. The molecule has 0 bridgehead atoms. The van der Waals surface area contributed by atoms with Crippen molar-refractivity contribution in [1.82, 2.24) is 4.90 Å². The minimum absolute atomic E-state index is 0.0539. The van der Waals surface area contributed by atoms with Crippen LogP contribution in [0.5, 0.6) is 0 Å². The lowest BCUT2D eigenvalue weighted by Crippen LogP contribution is -2.29. The predicted octanol–water partition coefficient (Wildman–Crippen LogP) is 5.63. The molecule has 2 aromatic carbocycles. The number of ether oxygens (including phenoxy) is 1. The molecule has 4 nitrogen and oxygen atoms in total. The molecule has 36 heavy (non-hydrogen) atoms. The molecule has 0 radical (unpaired) electrons. The summed E-state index contributed by atoms with van der Waals surface area (Å²) in [6.45, 7) is 1.68. The van der Waals surface area contributed by atoms with E-state index in [-0.39, 0.29) is 36.8 Å². The number of ketones is 1. The molecule has 194 valence electrons. The smallest absolute Gasteiger partial charge is 0.385 e. The maximum absolute atomic E-state index is 13.5. The van der Waals surface area contributed by atoms with Crippen LogP contribution in [-0.4, -0.2) is 41.1 Å². The van der Waals surface area contributed by atoms with Gasteiger partial charge in [0.2, 0.25) is 5.78 Å². The molecule has 11 heteroatoms. The average molecular weight is 517 g/mol. The van der Waals surface area contributed by atoms with E-state index in [1.807, 2.05) is 0 Å². The van der Waals surface area contributed by atoms with Gasteiger partial charge < -0.3 is 14.7 Å². The Balaban J connectivity index is 1.64. The van der Waals surface area contributed by atoms with Gasteiger partial charge in [-0.1, -0.05) is 18.2 Å². The fourth-order valence-electron chi connectivity index (χ4n) is 4.58. The molecular formula is C25H22F7NO3. The third-order valence-electron chi connectivity index (χ3n) is 6.45. The van der Waals surface area contributed by atoms with Crippen LogP contribution in [0, 0.1) is 5.82 Å². The number of carbonyl (C=O) groups is 1. The second kappa shape index (κ2) is 9.51. The van der Waals surface area contributed by atoms with E-state index in [4.69, 9.17) is 4.74 Å². The number of benzene rings is 2. The Morgan fingerprint density at radius 3 is 2.06 bits per heavy atom. The van der Waals surface area contributed by atoms with Gasteiger partial charge >= 0.3 is 12.4 Å². The van der Waals surface area contributed by atoms with Crippen LogP contribution >= 0.6 is 0 Å². The molecule has 0 aromatic heterocycles. The van der Waals surface area contributed by atoms with E-state index in [9.17, 15) is 40.6 Å². The second-order valence-electron chi connectivity index (χ2n) is 8.92. The number of alkyl halides is 6. The lowest BCUT2D eigenvalue weighted by molar-refractivity contribution is -0.143. The van der Waals surface area contributed by atoms with Gasteiger partial charge in [-0.25, -0.2) is 4.39 Å². The number of Topliss-reactive ketones (excluding diaryl/α,β-unsaturated/α-hetero) is 1. The summed E-state index contributed by atoms with van der Waals surface area (Å²) in [6.07, 6.45) is -11.4. The van der Waals surface area contributed by atoms with Crippen LogP contribution < -0.4 is 0 Å². The number of rotatable bonds is 5. The van der Waals surface area contributed by atoms with Crippen molar-refractivity contribution in [2.75, 3.05) is 13.1 Å². The number of aliphatic hydroxyl groups is 1. The first-order valence-electron chi connectivity index (χ1n) is 11.1. The van der Waals surface area contributed by atoms with Crippen LogP contribution in [0.3, 0.4) is 0 Å². The first kappa shape index (κ1) is 26.2. The van der Waals surface area contributed by atoms with Crippen LogP contribution in [-0.2, 0) is 21.9 Å². The Bertz CT molecular complexity index is 1130. The molecule has 2 aliphatic rings. The number of halogens is 7. The van der Waals surface area contributed by atoms with E-state index in [0.29, 0.717) is 17.7 Å². The molecule has 0 saturated carbocycles. The summed E-state index contributed by atoms with van der Waals surface area (Å²) in [5.41, 5.74) is -2.29. The molecule has 1 aliphatic carbocycles. The lowest BCUT2D eigenvalue weighted by atomic mass is 9.95. The molecule has 1 fully saturated rings. The van der Waals surface area contributed by atoms with Gasteiger partial charge in [-0.2, -0.15) is 26.3 Å². The Labute approximate surface area is 202 Å². The molecule has 2 aromatic rings. The van der Waals surface area contributed by atoms with Crippen LogP contribution in [0.2, 0.25) is 0 Å². The number of hydrogen-bond donors (Lipinski definition) is 1. The maximum atomic E-state index is 13.5. The Morgan fingerprint density at radius 1 is 0.972 bits per heavy atom. The highest BCUT2D eigenvalue weighted by atomic mass is 19.4. The number of carbonyl (C=O) groups excluding carboxylic acids is 1. The Morgan fingerprint density at radius 2 is 1.56 bits per heavy atom. The van der Waals surface area contributed by atoms with E-state index >= 15 is 0 Å². The maximum Gasteiger partial charge on any atom is 0.416 e. The highest BCUT2D eigenvalue weighted by Gasteiger charge is 2.41. The van der Waals surface area contributed by atoms with Crippen molar-refractivity contribution in [2.24, 2.45) is 0 Å². The molecule has 1 saturated heterocycles. The minimum atomic E-state index is -4.99. The molecule has 1 N–H and O–H groups in total. The number of likely N-dealkylation sites (tertiary alicyclic amines) is 1. The summed E-state index contributed by atoms with van der Waals surface area (Å²) in [7, 11) is 0. The summed E-state index contributed by atoms with van der Waals surface area (Å²) >= 11 is 0. The fourth-order valence-corrected chi connectivity index (χ4v) is 4.58. The van der Waals surface area contributed by atoms with Crippen LogP contribution in [0.1, 0.15) is 47.6 Å². The average Bonchev–Trinajstić information content (AvgIpc) is 3.35. The van der Waals surface area contributed by atoms with Crippen molar-refractivity contribution >= 4 is 5.78 Å². The Hall–Kier alpha value is -2.92. The highest BCUT2D eigenvalue weighted by Crippen LogP contribution is 2.40. The van der Waals surface area contributed by atoms with Crippen molar-refractivity contribution in [3.63, 3.8) is 0 Å². The van der Waals surface area contributed by atoms with Crippen molar-refractivity contribution in [2.45, 2.75) is 49.9 Å². The quantitative estimate of drug-likeness (QED) is 0.523. The minimum Gasteiger partial charge on any atom is -0.385 e. The van der Waals surface area contributed by atoms with E-state index in [1.165, 1.54) is 31.2 Å². The second-order valence-corrected chi connectivity index (χ2v) is 8.92. The Kier molecular flexibility index (Phi) is 6.91. The van der Waals surface area contributed by atoms with Crippen LogP contribution in [0.25, 0.3) is 0 Å². The molecule has 4 atom stereocenters. The van der Waals surface area contributed by atoms with Crippen LogP contribution in [0.4, 0.5) is 30.7 Å². The van der Waals surface area contributed by atoms with Crippen molar-refractivity contribution < 1.29 is 45.4 Å².